The van der Waals surface area contributed by atoms with Crippen LogP contribution in [0.4, 0.5) is 34.1 Å². The zero-order valence-electron chi connectivity index (χ0n) is 39.8. The maximum atomic E-state index is 7.41. The highest BCUT2D eigenvalue weighted by atomic mass is 32.1. The second kappa shape index (κ2) is 15.4. The maximum absolute atomic E-state index is 7.41. The van der Waals surface area contributed by atoms with Crippen LogP contribution >= 0.6 is 34.0 Å². The van der Waals surface area contributed by atoms with E-state index in [-0.39, 0.29) is 12.1 Å². The van der Waals surface area contributed by atoms with Crippen LogP contribution in [0.2, 0.25) is 0 Å². The van der Waals surface area contributed by atoms with Gasteiger partial charge in [0.05, 0.1) is 17.0 Å². The molecule has 6 heterocycles. The van der Waals surface area contributed by atoms with Gasteiger partial charge in [-0.1, -0.05) is 106 Å². The molecule has 14 rings (SSSR count). The molecule has 0 atom stereocenters. The van der Waals surface area contributed by atoms with Crippen molar-refractivity contribution in [2.24, 2.45) is 0 Å². The molecule has 7 heteroatoms. The van der Waals surface area contributed by atoms with E-state index in [0.717, 1.165) is 28.0 Å². The van der Waals surface area contributed by atoms with Gasteiger partial charge in [-0.25, -0.2) is 0 Å². The first-order valence-corrected chi connectivity index (χ1v) is 26.8. The quantitative estimate of drug-likeness (QED) is 0.160. The van der Waals surface area contributed by atoms with E-state index in [4.69, 9.17) is 4.42 Å². The van der Waals surface area contributed by atoms with Gasteiger partial charge < -0.3 is 14.2 Å². The Hall–Kier alpha value is -7.16. The third-order valence-corrected chi connectivity index (χ3v) is 17.8. The minimum atomic E-state index is -0.164. The fraction of sp³-hybridized carbons (Fsp3) is 0.111. The van der Waals surface area contributed by atoms with Gasteiger partial charge >= 0.3 is 0 Å². The lowest BCUT2D eigenvalue weighted by atomic mass is 9.35. The van der Waals surface area contributed by atoms with Gasteiger partial charge in [-0.05, 0) is 165 Å². The second-order valence-electron chi connectivity index (χ2n) is 20.3. The summed E-state index contributed by atoms with van der Waals surface area (Å²) in [7, 11) is 0. The molecule has 0 bridgehead atoms. The predicted octanol–water partition coefficient (Wildman–Crippen LogP) is 17.4. The first-order valence-electron chi connectivity index (χ1n) is 24.1. The molecule has 3 nitrogen and oxygen atoms in total. The summed E-state index contributed by atoms with van der Waals surface area (Å²) in [6.45, 7) is 13.6. The molecular weight excluding hydrogens is 908 g/mol. The molecular formula is C63H47BN2OS3. The molecule has 0 aliphatic carbocycles. The number of rotatable bonds is 5. The molecule has 0 radical (unpaired) electrons. The zero-order valence-corrected chi connectivity index (χ0v) is 42.3. The molecule has 0 fully saturated rings. The van der Waals surface area contributed by atoms with Gasteiger partial charge in [0, 0.05) is 75.1 Å². The van der Waals surface area contributed by atoms with Crippen molar-refractivity contribution in [2.75, 3.05) is 9.80 Å². The fourth-order valence-corrected chi connectivity index (χ4v) is 14.5. The Bertz CT molecular complexity index is 4120. The number of aryl methyl sites for hydroxylation is 3. The molecule has 0 unspecified atom stereocenters. The molecule has 2 aliphatic heterocycles. The molecule has 70 heavy (non-hydrogen) atoms. The number of hydrogen-bond donors (Lipinski definition) is 0. The molecule has 0 N–H and O–H groups in total. The third-order valence-electron chi connectivity index (χ3n) is 14.9. The van der Waals surface area contributed by atoms with Crippen LogP contribution in [-0.4, -0.2) is 6.71 Å². The van der Waals surface area contributed by atoms with Gasteiger partial charge in [-0.15, -0.1) is 34.0 Å². The van der Waals surface area contributed by atoms with Gasteiger partial charge in [0.2, 0.25) is 0 Å². The number of furan rings is 1. The summed E-state index contributed by atoms with van der Waals surface area (Å²) in [5.41, 5.74) is 23.7. The normalized spacial score (nSPS) is 13.2. The highest BCUT2D eigenvalue weighted by Gasteiger charge is 2.47. The van der Waals surface area contributed by atoms with E-state index in [0.29, 0.717) is 0 Å². The summed E-state index contributed by atoms with van der Waals surface area (Å²) < 4.78 is 11.3. The molecule has 336 valence electrons. The average molecular weight is 955 g/mol. The highest BCUT2D eigenvalue weighted by Crippen LogP contribution is 2.51. The lowest BCUT2D eigenvalue weighted by molar-refractivity contribution is 0.590. The second-order valence-corrected chi connectivity index (χ2v) is 23.0. The number of benzene rings is 8. The van der Waals surface area contributed by atoms with E-state index in [1.807, 2.05) is 34.0 Å². The van der Waals surface area contributed by atoms with Gasteiger partial charge in [0.15, 0.2) is 0 Å². The number of fused-ring (bicyclic) bond motifs is 9. The monoisotopic (exact) mass is 954 g/mol. The van der Waals surface area contributed by atoms with Crippen LogP contribution in [0.5, 0.6) is 0 Å². The molecule has 2 aliphatic rings. The van der Waals surface area contributed by atoms with Crippen LogP contribution in [0.3, 0.4) is 0 Å². The minimum Gasteiger partial charge on any atom is -0.468 e. The Morgan fingerprint density at radius 2 is 1.04 bits per heavy atom. The number of thiophene rings is 3. The SMILES string of the molecule is Cc1cc2c3c(c1)N(c1c(C)cc(-c4csc5ccccc45)cc1C)c1c(oc4ccc(C(C)(C)C)cc14)B3c1ccc(-c3csc4ccccc34)cc1N2c1cccc(-c2csc3ccccc23)c1. The zero-order chi connectivity index (χ0) is 47.2. The largest absolute Gasteiger partial charge is 0.468 e. The summed E-state index contributed by atoms with van der Waals surface area (Å²) in [4.78, 5) is 5.14. The summed E-state index contributed by atoms with van der Waals surface area (Å²) in [6.07, 6.45) is 0. The molecule has 12 aromatic rings. The van der Waals surface area contributed by atoms with Crippen LogP contribution in [0.25, 0.3) is 74.6 Å². The molecule has 4 aromatic heterocycles. The van der Waals surface area contributed by atoms with Crippen LogP contribution in [0.15, 0.2) is 178 Å². The molecule has 0 amide bonds. The summed E-state index contributed by atoms with van der Waals surface area (Å²) in [6, 6.07) is 59.3. The smallest absolute Gasteiger partial charge is 0.297 e. The third kappa shape index (κ3) is 6.24. The van der Waals surface area contributed by atoms with Crippen molar-refractivity contribution in [1.29, 1.82) is 0 Å². The van der Waals surface area contributed by atoms with Crippen LogP contribution in [0, 0.1) is 20.8 Å². The standard InChI is InChI=1S/C63H47BN2OS3/c1-36-26-53-59-54(27-36)66(60-37(2)28-41(29-38(60)3)50-35-70-58-21-12-9-18-46(50)58)61-47-32-42(63(4,5)6)23-25-55(47)67-62(61)64(59)51-24-22-40(49-34-69-57-20-11-8-17-45(49)57)31-52(51)65(53)43-15-13-14-39(30-43)48-33-68-56-19-10-7-16-44(48)56/h7-35H,1-6H3. The van der Waals surface area contributed by atoms with Crippen molar-refractivity contribution in [2.45, 2.75) is 47.0 Å². The average Bonchev–Trinajstić information content (AvgIpc) is 4.18. The van der Waals surface area contributed by atoms with E-state index in [1.165, 1.54) is 120 Å². The van der Waals surface area contributed by atoms with Gasteiger partial charge in [0.25, 0.3) is 6.71 Å². The van der Waals surface area contributed by atoms with E-state index >= 15 is 0 Å². The van der Waals surface area contributed by atoms with Crippen molar-refractivity contribution < 1.29 is 4.42 Å². The summed E-state index contributed by atoms with van der Waals surface area (Å²) in [5.74, 6) is 0. The van der Waals surface area contributed by atoms with Gasteiger partial charge in [0.1, 0.15) is 5.58 Å². The Morgan fingerprint density at radius 3 is 1.66 bits per heavy atom. The molecule has 0 spiro atoms. The van der Waals surface area contributed by atoms with Crippen molar-refractivity contribution in [1.82, 2.24) is 0 Å². The van der Waals surface area contributed by atoms with Crippen molar-refractivity contribution in [3.05, 3.63) is 196 Å². The van der Waals surface area contributed by atoms with Gasteiger partial charge in [-0.3, -0.25) is 0 Å². The summed E-state index contributed by atoms with van der Waals surface area (Å²) >= 11 is 5.45. The fourth-order valence-electron chi connectivity index (χ4n) is 11.6. The first-order chi connectivity index (χ1) is 34.1. The first kappa shape index (κ1) is 41.8. The van der Waals surface area contributed by atoms with Gasteiger partial charge in [-0.2, -0.15) is 0 Å². The molecule has 0 saturated carbocycles. The minimum absolute atomic E-state index is 0.0552. The van der Waals surface area contributed by atoms with Crippen LogP contribution < -0.4 is 26.4 Å². The Kier molecular flexibility index (Phi) is 9.21. The topological polar surface area (TPSA) is 19.6 Å². The van der Waals surface area contributed by atoms with Crippen LogP contribution in [0.1, 0.15) is 43.0 Å². The lowest BCUT2D eigenvalue weighted by Gasteiger charge is -2.43. The molecule has 0 saturated heterocycles. The lowest BCUT2D eigenvalue weighted by Crippen LogP contribution is -2.61. The van der Waals surface area contributed by atoms with E-state index < -0.39 is 0 Å². The molecule has 8 aromatic carbocycles. The van der Waals surface area contributed by atoms with E-state index in [9.17, 15) is 0 Å². The van der Waals surface area contributed by atoms with Crippen LogP contribution in [-0.2, 0) is 5.41 Å². The predicted molar refractivity (Wildman–Crippen MR) is 306 cm³/mol. The van der Waals surface area contributed by atoms with E-state index in [2.05, 4.69) is 225 Å². The number of anilines is 6. The van der Waals surface area contributed by atoms with Crippen molar-refractivity contribution in [3.8, 4) is 33.4 Å². The number of hydrogen-bond acceptors (Lipinski definition) is 6. The Balaban J connectivity index is 1.05. The summed E-state index contributed by atoms with van der Waals surface area (Å²) in [5, 5.41) is 12.0. The maximum Gasteiger partial charge on any atom is 0.297 e. The van der Waals surface area contributed by atoms with Crippen molar-refractivity contribution in [3.63, 3.8) is 0 Å². The Labute approximate surface area is 420 Å². The van der Waals surface area contributed by atoms with E-state index in [1.54, 1.807) is 0 Å². The van der Waals surface area contributed by atoms with Crippen molar-refractivity contribution >= 4 is 133 Å². The highest BCUT2D eigenvalue weighted by molar-refractivity contribution is 7.18. The number of nitrogens with zero attached hydrogens (tertiary/aromatic N) is 2. The Morgan fingerprint density at radius 1 is 0.471 bits per heavy atom.